The molecule has 0 aliphatic heterocycles. The Balaban J connectivity index is 4.17. The molecule has 1 atom stereocenters. The van der Waals surface area contributed by atoms with Crippen LogP contribution in [0.4, 0.5) is 4.39 Å². The van der Waals surface area contributed by atoms with E-state index in [1.807, 2.05) is 0 Å². The highest BCUT2D eigenvalue weighted by atomic mass is 32.2. The van der Waals surface area contributed by atoms with Gasteiger partial charge in [0.25, 0.3) is 0 Å². The first-order chi connectivity index (χ1) is 5.62. The summed E-state index contributed by atoms with van der Waals surface area (Å²) in [5.74, 6) is -0.657. The van der Waals surface area contributed by atoms with Crippen LogP contribution in [0.15, 0.2) is 0 Å². The standard InChI is InChI=1S/C7H13FO3S2/c1-6(9)12-4-7(2,8)5-13(3,10)11/h4-5H2,1-3H3. The van der Waals surface area contributed by atoms with Crippen molar-refractivity contribution in [1.82, 2.24) is 0 Å². The number of hydrogen-bond acceptors (Lipinski definition) is 4. The van der Waals surface area contributed by atoms with Crippen LogP contribution in [0.3, 0.4) is 0 Å². The highest BCUT2D eigenvalue weighted by molar-refractivity contribution is 8.13. The fourth-order valence-corrected chi connectivity index (χ4v) is 2.77. The maximum absolute atomic E-state index is 13.4. The number of thioether (sulfide) groups is 1. The summed E-state index contributed by atoms with van der Waals surface area (Å²) in [6, 6.07) is 0. The Morgan fingerprint density at radius 1 is 1.54 bits per heavy atom. The van der Waals surface area contributed by atoms with Crippen molar-refractivity contribution in [3.63, 3.8) is 0 Å². The predicted octanol–water partition coefficient (Wildman–Crippen LogP) is 1.04. The third-order valence-electron chi connectivity index (χ3n) is 1.14. The van der Waals surface area contributed by atoms with Gasteiger partial charge in [-0.15, -0.1) is 0 Å². The van der Waals surface area contributed by atoms with Crippen LogP contribution < -0.4 is 0 Å². The minimum Gasteiger partial charge on any atom is -0.288 e. The van der Waals surface area contributed by atoms with E-state index < -0.39 is 21.3 Å². The van der Waals surface area contributed by atoms with Crippen molar-refractivity contribution in [1.29, 1.82) is 0 Å². The molecule has 0 fully saturated rings. The molecule has 0 aliphatic carbocycles. The third kappa shape index (κ3) is 8.24. The topological polar surface area (TPSA) is 51.2 Å². The van der Waals surface area contributed by atoms with Crippen molar-refractivity contribution in [2.45, 2.75) is 19.5 Å². The Morgan fingerprint density at radius 2 is 2.00 bits per heavy atom. The largest absolute Gasteiger partial charge is 0.288 e. The number of rotatable bonds is 4. The molecule has 0 rings (SSSR count). The van der Waals surface area contributed by atoms with Crippen molar-refractivity contribution in [2.24, 2.45) is 0 Å². The van der Waals surface area contributed by atoms with Crippen molar-refractivity contribution >= 4 is 26.7 Å². The van der Waals surface area contributed by atoms with Crippen molar-refractivity contribution in [3.8, 4) is 0 Å². The van der Waals surface area contributed by atoms with Gasteiger partial charge in [-0.2, -0.15) is 0 Å². The summed E-state index contributed by atoms with van der Waals surface area (Å²) in [7, 11) is -3.33. The number of halogens is 1. The summed E-state index contributed by atoms with van der Waals surface area (Å²) < 4.78 is 34.9. The minimum absolute atomic E-state index is 0.116. The summed E-state index contributed by atoms with van der Waals surface area (Å²) in [5.41, 5.74) is -1.83. The Morgan fingerprint density at radius 3 is 2.31 bits per heavy atom. The molecule has 6 heteroatoms. The molecule has 1 unspecified atom stereocenters. The average molecular weight is 228 g/mol. The zero-order valence-electron chi connectivity index (χ0n) is 7.83. The Labute approximate surface area is 82.0 Å². The normalized spacial score (nSPS) is 16.6. The van der Waals surface area contributed by atoms with E-state index in [2.05, 4.69) is 0 Å². The second-order valence-electron chi connectivity index (χ2n) is 3.26. The van der Waals surface area contributed by atoms with E-state index in [4.69, 9.17) is 0 Å². The molecule has 0 heterocycles. The van der Waals surface area contributed by atoms with Gasteiger partial charge in [0.2, 0.25) is 0 Å². The smallest absolute Gasteiger partial charge is 0.185 e. The van der Waals surface area contributed by atoms with Crippen LogP contribution in [0.1, 0.15) is 13.8 Å². The molecule has 0 aromatic heterocycles. The van der Waals surface area contributed by atoms with Gasteiger partial charge in [0.1, 0.15) is 5.67 Å². The lowest BCUT2D eigenvalue weighted by molar-refractivity contribution is -0.109. The van der Waals surface area contributed by atoms with Gasteiger partial charge in [-0.05, 0) is 6.92 Å². The summed E-state index contributed by atoms with van der Waals surface area (Å²) in [6.45, 7) is 2.51. The molecular weight excluding hydrogens is 215 g/mol. The number of alkyl halides is 1. The summed E-state index contributed by atoms with van der Waals surface area (Å²) in [6.07, 6.45) is 0.975. The molecule has 0 spiro atoms. The van der Waals surface area contributed by atoms with Gasteiger partial charge < -0.3 is 0 Å². The molecule has 3 nitrogen and oxygen atoms in total. The zero-order chi connectivity index (χ0) is 10.7. The summed E-state index contributed by atoms with van der Waals surface area (Å²) in [5, 5.41) is -0.211. The summed E-state index contributed by atoms with van der Waals surface area (Å²) >= 11 is 0.801. The Kier molecular flexibility index (Phi) is 4.38. The molecule has 0 radical (unpaired) electrons. The molecular formula is C7H13FO3S2. The molecule has 0 bridgehead atoms. The maximum atomic E-state index is 13.4. The van der Waals surface area contributed by atoms with E-state index in [0.29, 0.717) is 0 Å². The van der Waals surface area contributed by atoms with Crippen molar-refractivity contribution in [3.05, 3.63) is 0 Å². The van der Waals surface area contributed by atoms with E-state index in [0.717, 1.165) is 18.0 Å². The monoisotopic (exact) mass is 228 g/mol. The van der Waals surface area contributed by atoms with Crippen LogP contribution >= 0.6 is 11.8 Å². The summed E-state index contributed by atoms with van der Waals surface area (Å²) in [4.78, 5) is 10.5. The van der Waals surface area contributed by atoms with Crippen molar-refractivity contribution in [2.75, 3.05) is 17.8 Å². The van der Waals surface area contributed by atoms with Crippen LogP contribution in [0.5, 0.6) is 0 Å². The molecule has 0 saturated carbocycles. The van der Waals surface area contributed by atoms with Gasteiger partial charge in [-0.25, -0.2) is 12.8 Å². The first-order valence-electron chi connectivity index (χ1n) is 3.62. The molecule has 78 valence electrons. The average Bonchev–Trinajstić information content (AvgIpc) is 1.78. The van der Waals surface area contributed by atoms with E-state index in [-0.39, 0.29) is 10.9 Å². The van der Waals surface area contributed by atoms with Crippen LogP contribution in [0.2, 0.25) is 0 Å². The minimum atomic E-state index is -3.33. The van der Waals surface area contributed by atoms with E-state index in [9.17, 15) is 17.6 Å². The van der Waals surface area contributed by atoms with Gasteiger partial charge >= 0.3 is 0 Å². The number of hydrogen-bond donors (Lipinski definition) is 0. The first kappa shape index (κ1) is 12.9. The SMILES string of the molecule is CC(=O)SCC(C)(F)CS(C)(=O)=O. The van der Waals surface area contributed by atoms with E-state index >= 15 is 0 Å². The van der Waals surface area contributed by atoms with Gasteiger partial charge in [0.05, 0.1) is 5.75 Å². The highest BCUT2D eigenvalue weighted by Crippen LogP contribution is 2.19. The van der Waals surface area contributed by atoms with Crippen molar-refractivity contribution < 1.29 is 17.6 Å². The zero-order valence-corrected chi connectivity index (χ0v) is 9.47. The van der Waals surface area contributed by atoms with Gasteiger partial charge in [0.15, 0.2) is 15.0 Å². The second kappa shape index (κ2) is 4.41. The molecule has 0 N–H and O–H groups in total. The fourth-order valence-electron chi connectivity index (χ4n) is 0.840. The van der Waals surface area contributed by atoms with E-state index in [1.165, 1.54) is 13.8 Å². The molecule has 0 amide bonds. The highest BCUT2D eigenvalue weighted by Gasteiger charge is 2.28. The first-order valence-corrected chi connectivity index (χ1v) is 6.67. The lowest BCUT2D eigenvalue weighted by Gasteiger charge is -2.17. The third-order valence-corrected chi connectivity index (χ3v) is 3.42. The van der Waals surface area contributed by atoms with E-state index in [1.54, 1.807) is 0 Å². The maximum Gasteiger partial charge on any atom is 0.185 e. The lowest BCUT2D eigenvalue weighted by Crippen LogP contribution is -2.31. The number of carbonyl (C=O) groups excluding carboxylic acids is 1. The second-order valence-corrected chi connectivity index (χ2v) is 6.56. The number of carbonyl (C=O) groups is 1. The molecule has 13 heavy (non-hydrogen) atoms. The fraction of sp³-hybridized carbons (Fsp3) is 0.857. The van der Waals surface area contributed by atoms with Crippen LogP contribution in [0, 0.1) is 0 Å². The molecule has 0 aromatic rings. The number of sulfone groups is 1. The molecule has 0 aliphatic rings. The Hall–Kier alpha value is -0.100. The lowest BCUT2D eigenvalue weighted by atomic mass is 10.2. The van der Waals surface area contributed by atoms with Crippen LogP contribution in [0.25, 0.3) is 0 Å². The quantitative estimate of drug-likeness (QED) is 0.721. The van der Waals surface area contributed by atoms with Gasteiger partial charge in [-0.1, -0.05) is 11.8 Å². The molecule has 0 aromatic carbocycles. The molecule has 0 saturated heterocycles. The Bertz CT molecular complexity index is 282. The van der Waals surface area contributed by atoms with Gasteiger partial charge in [0, 0.05) is 18.9 Å². The predicted molar refractivity (Wildman–Crippen MR) is 52.4 cm³/mol. The van der Waals surface area contributed by atoms with Crippen LogP contribution in [-0.2, 0) is 14.6 Å². The van der Waals surface area contributed by atoms with Crippen LogP contribution in [-0.4, -0.2) is 37.0 Å². The van der Waals surface area contributed by atoms with Gasteiger partial charge in [-0.3, -0.25) is 4.79 Å².